The summed E-state index contributed by atoms with van der Waals surface area (Å²) < 4.78 is 0. The van der Waals surface area contributed by atoms with Gasteiger partial charge in [0.1, 0.15) is 0 Å². The first-order valence-corrected chi connectivity index (χ1v) is 16.8. The number of hydrogen-bond donors (Lipinski definition) is 0. The Morgan fingerprint density at radius 3 is 2.16 bits per heavy atom. The van der Waals surface area contributed by atoms with Crippen molar-refractivity contribution < 1.29 is 48.1 Å². The van der Waals surface area contributed by atoms with Gasteiger partial charge in [-0.3, -0.25) is 0 Å². The zero-order valence-corrected chi connectivity index (χ0v) is 24.1. The van der Waals surface area contributed by atoms with E-state index in [0.717, 1.165) is 6.42 Å². The van der Waals surface area contributed by atoms with E-state index in [9.17, 15) is 0 Å². The number of benzene rings is 3. The standard InChI is InChI=1S/C25H25.C2H6Si.2ClH.Zr/c1-4-8-18-13-21-15-20(17(2)3)16-25(24(21)14-18)23-12-7-10-19-9-5-6-11-22(19)23;1-3-2;;;/h5-7,9-17H,4,8H2,1-3H3;1-2H3;2*1H;/q-1;;;;+2/p-2. The van der Waals surface area contributed by atoms with Crippen LogP contribution in [0, 0.1) is 0 Å². The third-order valence-corrected chi connectivity index (χ3v) is 5.19. The average molecular weight is 546 g/mol. The van der Waals surface area contributed by atoms with Crippen molar-refractivity contribution >= 4 is 27.0 Å². The van der Waals surface area contributed by atoms with Crippen molar-refractivity contribution in [1.82, 2.24) is 0 Å². The predicted molar refractivity (Wildman–Crippen MR) is 128 cm³/mol. The van der Waals surface area contributed by atoms with Crippen molar-refractivity contribution in [2.24, 2.45) is 0 Å². The Balaban J connectivity index is 0.000000741. The molecular formula is C27H31Cl2SiZr-. The summed E-state index contributed by atoms with van der Waals surface area (Å²) >= 11 is 1.74. The number of halogens is 2. The Hall–Kier alpha value is -0.790. The normalized spacial score (nSPS) is 10.3. The fourth-order valence-electron chi connectivity index (χ4n) is 3.86. The average Bonchev–Trinajstić information content (AvgIpc) is 3.09. The smallest absolute Gasteiger partial charge is 1.00 e. The Bertz CT molecular complexity index is 1140. The van der Waals surface area contributed by atoms with Gasteiger partial charge >= 0.3 is 41.9 Å². The maximum absolute atomic E-state index is 2.41. The molecule has 0 aromatic heterocycles. The molecule has 31 heavy (non-hydrogen) atoms. The Morgan fingerprint density at radius 2 is 1.52 bits per heavy atom. The van der Waals surface area contributed by atoms with Crippen LogP contribution in [0.1, 0.15) is 44.2 Å². The Kier molecular flexibility index (Phi) is 11.9. The first-order chi connectivity index (χ1) is 13.9. The van der Waals surface area contributed by atoms with Crippen molar-refractivity contribution in [2.75, 3.05) is 0 Å². The van der Waals surface area contributed by atoms with Gasteiger partial charge in [-0.15, -0.1) is 28.5 Å². The summed E-state index contributed by atoms with van der Waals surface area (Å²) in [5.74, 6) is 0.530. The van der Waals surface area contributed by atoms with E-state index in [0.29, 0.717) is 5.92 Å². The van der Waals surface area contributed by atoms with E-state index in [4.69, 9.17) is 0 Å². The monoisotopic (exact) mass is 543 g/mol. The summed E-state index contributed by atoms with van der Waals surface area (Å²) in [7, 11) is 0. The summed E-state index contributed by atoms with van der Waals surface area (Å²) in [4.78, 5) is 0. The van der Waals surface area contributed by atoms with E-state index >= 15 is 0 Å². The van der Waals surface area contributed by atoms with E-state index < -0.39 is 0 Å². The van der Waals surface area contributed by atoms with Gasteiger partial charge in [0.15, 0.2) is 0 Å². The van der Waals surface area contributed by atoms with Crippen LogP contribution >= 0.6 is 0 Å². The van der Waals surface area contributed by atoms with E-state index in [1.165, 1.54) is 50.2 Å². The SMILES string of the molecule is CCCc1cc2c(-c3cccc4ccccc34)cc(C(C)C)cc2[cH-]1.C[Si](C)=[Zr+2].[Cl-].[Cl-]. The van der Waals surface area contributed by atoms with Gasteiger partial charge in [-0.1, -0.05) is 86.8 Å². The Morgan fingerprint density at radius 1 is 0.871 bits per heavy atom. The molecule has 4 heteroatoms. The molecule has 0 spiro atoms. The third kappa shape index (κ3) is 7.10. The van der Waals surface area contributed by atoms with Gasteiger partial charge in [0.25, 0.3) is 0 Å². The molecule has 0 amide bonds. The van der Waals surface area contributed by atoms with Crippen LogP contribution < -0.4 is 24.8 Å². The Labute approximate surface area is 215 Å². The first kappa shape index (κ1) is 28.2. The van der Waals surface area contributed by atoms with Crippen LogP contribution in [0.4, 0.5) is 0 Å². The van der Waals surface area contributed by atoms with Crippen LogP contribution in [-0.2, 0) is 29.8 Å². The summed E-state index contributed by atoms with van der Waals surface area (Å²) in [6, 6.07) is 24.9. The van der Waals surface area contributed by atoms with Gasteiger partial charge in [-0.05, 0) is 28.7 Å². The van der Waals surface area contributed by atoms with Crippen LogP contribution in [0.25, 0.3) is 32.7 Å². The van der Waals surface area contributed by atoms with Gasteiger partial charge in [-0.2, -0.15) is 6.07 Å². The first-order valence-electron chi connectivity index (χ1n) is 10.6. The minimum atomic E-state index is 0. The maximum atomic E-state index is 2.41. The molecule has 4 aromatic rings. The van der Waals surface area contributed by atoms with Crippen molar-refractivity contribution in [2.45, 2.75) is 52.6 Å². The van der Waals surface area contributed by atoms with Crippen LogP contribution in [0.3, 0.4) is 0 Å². The molecule has 0 atom stereocenters. The molecule has 0 N–H and O–H groups in total. The molecule has 0 saturated heterocycles. The van der Waals surface area contributed by atoms with Crippen molar-refractivity contribution in [1.29, 1.82) is 0 Å². The molecule has 0 unspecified atom stereocenters. The molecule has 0 aliphatic heterocycles. The van der Waals surface area contributed by atoms with Gasteiger partial charge in [0.2, 0.25) is 0 Å². The molecule has 0 radical (unpaired) electrons. The molecule has 0 bridgehead atoms. The van der Waals surface area contributed by atoms with Crippen LogP contribution in [0.5, 0.6) is 0 Å². The number of hydrogen-bond acceptors (Lipinski definition) is 0. The second-order valence-electron chi connectivity index (χ2n) is 8.37. The molecule has 0 heterocycles. The second kappa shape index (κ2) is 13.0. The van der Waals surface area contributed by atoms with E-state index in [-0.39, 0.29) is 30.2 Å². The summed E-state index contributed by atoms with van der Waals surface area (Å²) in [5, 5.41) is 5.43. The molecule has 4 rings (SSSR count). The molecule has 162 valence electrons. The number of aryl methyl sites for hydroxylation is 1. The van der Waals surface area contributed by atoms with Gasteiger partial charge in [-0.25, -0.2) is 0 Å². The van der Waals surface area contributed by atoms with Crippen molar-refractivity contribution in [3.63, 3.8) is 0 Å². The summed E-state index contributed by atoms with van der Waals surface area (Å²) in [6.45, 7) is 11.4. The van der Waals surface area contributed by atoms with Crippen molar-refractivity contribution in [3.05, 3.63) is 77.9 Å². The summed E-state index contributed by atoms with van der Waals surface area (Å²) in [5.41, 5.74) is 5.81. The topological polar surface area (TPSA) is 0 Å². The summed E-state index contributed by atoms with van der Waals surface area (Å²) in [6.07, 6.45) is 2.34. The molecular weight excluding hydrogens is 515 g/mol. The molecule has 0 nitrogen and oxygen atoms in total. The minimum Gasteiger partial charge on any atom is -1.00 e. The molecule has 0 fully saturated rings. The fraction of sp³-hybridized carbons (Fsp3) is 0.296. The predicted octanol–water partition coefficient (Wildman–Crippen LogP) is 2.25. The van der Waals surface area contributed by atoms with Gasteiger partial charge in [0, 0.05) is 0 Å². The van der Waals surface area contributed by atoms with E-state index in [2.05, 4.69) is 101 Å². The zero-order chi connectivity index (χ0) is 21.0. The number of fused-ring (bicyclic) bond motifs is 2. The largest absolute Gasteiger partial charge is 1.00 e. The second-order valence-corrected chi connectivity index (χ2v) is 17.7. The maximum Gasteiger partial charge on any atom is -1.00 e. The van der Waals surface area contributed by atoms with E-state index in [1.807, 2.05) is 0 Å². The van der Waals surface area contributed by atoms with Gasteiger partial charge < -0.3 is 24.8 Å². The zero-order valence-electron chi connectivity index (χ0n) is 19.1. The molecule has 0 aliphatic rings. The van der Waals surface area contributed by atoms with Gasteiger partial charge in [0.05, 0.1) is 0 Å². The van der Waals surface area contributed by atoms with Crippen LogP contribution in [0.15, 0.2) is 66.7 Å². The quantitative estimate of drug-likeness (QED) is 0.273. The molecule has 0 aliphatic carbocycles. The van der Waals surface area contributed by atoms with Crippen LogP contribution in [0.2, 0.25) is 13.1 Å². The third-order valence-electron chi connectivity index (χ3n) is 5.19. The van der Waals surface area contributed by atoms with E-state index in [1.54, 1.807) is 23.3 Å². The minimum absolute atomic E-state index is 0. The van der Waals surface area contributed by atoms with Crippen LogP contribution in [-0.4, -0.2) is 5.43 Å². The fourth-order valence-corrected chi connectivity index (χ4v) is 3.86. The molecule has 0 saturated carbocycles. The number of rotatable bonds is 4. The van der Waals surface area contributed by atoms with Crippen molar-refractivity contribution in [3.8, 4) is 11.1 Å². The molecule has 4 aromatic carbocycles.